The van der Waals surface area contributed by atoms with Gasteiger partial charge in [0.25, 0.3) is 0 Å². The van der Waals surface area contributed by atoms with Crippen molar-refractivity contribution < 1.29 is 4.79 Å². The summed E-state index contributed by atoms with van der Waals surface area (Å²) in [7, 11) is 0. The van der Waals surface area contributed by atoms with E-state index in [4.69, 9.17) is 4.98 Å². The Labute approximate surface area is 175 Å². The van der Waals surface area contributed by atoms with Gasteiger partial charge in [-0.1, -0.05) is 60.7 Å². The first-order valence-corrected chi connectivity index (χ1v) is 10.4. The number of hydrogen-bond donors (Lipinski definition) is 2. The summed E-state index contributed by atoms with van der Waals surface area (Å²) in [6.07, 6.45) is 1.82. The number of aromatic amines is 1. The van der Waals surface area contributed by atoms with Gasteiger partial charge in [-0.15, -0.1) is 0 Å². The topological polar surface area (TPSA) is 61.0 Å². The number of amides is 2. The van der Waals surface area contributed by atoms with E-state index in [9.17, 15) is 4.79 Å². The first-order chi connectivity index (χ1) is 14.8. The SMILES string of the molecule is O=C(Nc1ccccc1-c1ccccc1)N1CCC(c2nc3ccccc3[nH]2)CC1. The van der Waals surface area contributed by atoms with E-state index >= 15 is 0 Å². The molecule has 5 rings (SSSR count). The number of nitrogens with one attached hydrogen (secondary N) is 2. The second-order valence-electron chi connectivity index (χ2n) is 7.74. The van der Waals surface area contributed by atoms with Crippen molar-refractivity contribution in [1.82, 2.24) is 14.9 Å². The fourth-order valence-electron chi connectivity index (χ4n) is 4.18. The second kappa shape index (κ2) is 8.03. The van der Waals surface area contributed by atoms with Crippen LogP contribution in [-0.4, -0.2) is 34.0 Å². The number of H-pyrrole nitrogens is 1. The van der Waals surface area contributed by atoms with Gasteiger partial charge in [-0.05, 0) is 36.6 Å². The molecule has 0 atom stereocenters. The maximum Gasteiger partial charge on any atom is 0.321 e. The first kappa shape index (κ1) is 18.4. The van der Waals surface area contributed by atoms with E-state index in [0.717, 1.165) is 59.6 Å². The molecule has 0 unspecified atom stereocenters. The van der Waals surface area contributed by atoms with Gasteiger partial charge in [-0.3, -0.25) is 0 Å². The molecule has 1 aliphatic heterocycles. The number of carbonyl (C=O) groups excluding carboxylic acids is 1. The largest absolute Gasteiger partial charge is 0.342 e. The zero-order valence-electron chi connectivity index (χ0n) is 16.7. The van der Waals surface area contributed by atoms with Gasteiger partial charge in [-0.2, -0.15) is 0 Å². The number of aromatic nitrogens is 2. The van der Waals surface area contributed by atoms with Crippen LogP contribution >= 0.6 is 0 Å². The lowest BCUT2D eigenvalue weighted by atomic mass is 9.96. The standard InChI is InChI=1S/C25H24N4O/c30-25(28-21-11-5-4-10-20(21)18-8-2-1-3-9-18)29-16-14-19(15-17-29)24-26-22-12-6-7-13-23(22)27-24/h1-13,19H,14-17H2,(H,26,27)(H,28,30). The molecular formula is C25H24N4O. The van der Waals surface area contributed by atoms with Crippen LogP contribution in [0.3, 0.4) is 0 Å². The van der Waals surface area contributed by atoms with E-state index in [1.807, 2.05) is 65.6 Å². The lowest BCUT2D eigenvalue weighted by Crippen LogP contribution is -2.40. The van der Waals surface area contributed by atoms with Crippen molar-refractivity contribution in [2.75, 3.05) is 18.4 Å². The molecule has 0 saturated carbocycles. The van der Waals surface area contributed by atoms with Crippen molar-refractivity contribution in [3.8, 4) is 11.1 Å². The van der Waals surface area contributed by atoms with E-state index in [0.29, 0.717) is 5.92 Å². The smallest absolute Gasteiger partial charge is 0.321 e. The Morgan fingerprint density at radius 3 is 2.40 bits per heavy atom. The highest BCUT2D eigenvalue weighted by Gasteiger charge is 2.26. The van der Waals surface area contributed by atoms with Crippen LogP contribution in [0.4, 0.5) is 10.5 Å². The average molecular weight is 396 g/mol. The highest BCUT2D eigenvalue weighted by molar-refractivity contribution is 5.94. The summed E-state index contributed by atoms with van der Waals surface area (Å²) >= 11 is 0. The van der Waals surface area contributed by atoms with Crippen LogP contribution in [0.25, 0.3) is 22.2 Å². The van der Waals surface area contributed by atoms with Crippen LogP contribution in [0.1, 0.15) is 24.6 Å². The maximum atomic E-state index is 12.9. The normalized spacial score (nSPS) is 14.7. The molecule has 0 radical (unpaired) electrons. The molecule has 5 nitrogen and oxygen atoms in total. The van der Waals surface area contributed by atoms with Crippen LogP contribution in [0, 0.1) is 0 Å². The molecule has 3 aromatic carbocycles. The van der Waals surface area contributed by atoms with Crippen LogP contribution < -0.4 is 5.32 Å². The Morgan fingerprint density at radius 1 is 0.900 bits per heavy atom. The van der Waals surface area contributed by atoms with Gasteiger partial charge in [-0.25, -0.2) is 9.78 Å². The van der Waals surface area contributed by atoms with Gasteiger partial charge in [0.1, 0.15) is 5.82 Å². The number of carbonyl (C=O) groups is 1. The quantitative estimate of drug-likeness (QED) is 0.471. The van der Waals surface area contributed by atoms with E-state index in [-0.39, 0.29) is 6.03 Å². The summed E-state index contributed by atoms with van der Waals surface area (Å²) in [5.41, 5.74) is 5.05. The molecule has 5 heteroatoms. The highest BCUT2D eigenvalue weighted by atomic mass is 16.2. The van der Waals surface area contributed by atoms with Crippen LogP contribution in [0.5, 0.6) is 0 Å². The molecule has 1 aliphatic rings. The van der Waals surface area contributed by atoms with Gasteiger partial charge < -0.3 is 15.2 Å². The predicted octanol–water partition coefficient (Wildman–Crippen LogP) is 5.64. The van der Waals surface area contributed by atoms with Crippen LogP contribution in [0.15, 0.2) is 78.9 Å². The van der Waals surface area contributed by atoms with Gasteiger partial charge in [0.2, 0.25) is 0 Å². The van der Waals surface area contributed by atoms with Crippen molar-refractivity contribution in [2.45, 2.75) is 18.8 Å². The Balaban J connectivity index is 1.26. The summed E-state index contributed by atoms with van der Waals surface area (Å²) in [5.74, 6) is 1.39. The van der Waals surface area contributed by atoms with Crippen molar-refractivity contribution in [3.05, 3.63) is 84.7 Å². The van der Waals surface area contributed by atoms with Crippen LogP contribution in [-0.2, 0) is 0 Å². The number of imidazole rings is 1. The fraction of sp³-hybridized carbons (Fsp3) is 0.200. The van der Waals surface area contributed by atoms with Crippen molar-refractivity contribution in [2.24, 2.45) is 0 Å². The predicted molar refractivity (Wildman–Crippen MR) is 121 cm³/mol. The molecule has 2 amide bonds. The third-order valence-electron chi connectivity index (χ3n) is 5.83. The number of anilines is 1. The molecule has 4 aromatic rings. The monoisotopic (exact) mass is 396 g/mol. The lowest BCUT2D eigenvalue weighted by molar-refractivity contribution is 0.193. The molecular weight excluding hydrogens is 372 g/mol. The second-order valence-corrected chi connectivity index (χ2v) is 7.74. The number of hydrogen-bond acceptors (Lipinski definition) is 2. The molecule has 2 N–H and O–H groups in total. The highest BCUT2D eigenvalue weighted by Crippen LogP contribution is 2.30. The minimum Gasteiger partial charge on any atom is -0.342 e. The number of rotatable bonds is 3. The molecule has 0 spiro atoms. The minimum atomic E-state index is -0.0403. The molecule has 0 bridgehead atoms. The molecule has 1 fully saturated rings. The number of likely N-dealkylation sites (tertiary alicyclic amines) is 1. The summed E-state index contributed by atoms with van der Waals surface area (Å²) in [4.78, 5) is 23.0. The van der Waals surface area contributed by atoms with Crippen molar-refractivity contribution >= 4 is 22.8 Å². The number of urea groups is 1. The first-order valence-electron chi connectivity index (χ1n) is 10.4. The number of fused-ring (bicyclic) bond motifs is 1. The number of piperidine rings is 1. The average Bonchev–Trinajstić information content (AvgIpc) is 3.24. The van der Waals surface area contributed by atoms with E-state index in [1.165, 1.54) is 0 Å². The molecule has 2 heterocycles. The number of nitrogens with zero attached hydrogens (tertiary/aromatic N) is 2. The Morgan fingerprint density at radius 2 is 1.60 bits per heavy atom. The van der Waals surface area contributed by atoms with E-state index < -0.39 is 0 Å². The third kappa shape index (κ3) is 3.66. The fourth-order valence-corrected chi connectivity index (χ4v) is 4.18. The molecule has 1 saturated heterocycles. The summed E-state index contributed by atoms with van der Waals surface area (Å²) in [6, 6.07) is 26.2. The van der Waals surface area contributed by atoms with Gasteiger partial charge in [0.15, 0.2) is 0 Å². The number of para-hydroxylation sites is 3. The molecule has 30 heavy (non-hydrogen) atoms. The van der Waals surface area contributed by atoms with Gasteiger partial charge in [0, 0.05) is 24.6 Å². The zero-order chi connectivity index (χ0) is 20.3. The summed E-state index contributed by atoms with van der Waals surface area (Å²) in [5, 5.41) is 3.12. The van der Waals surface area contributed by atoms with E-state index in [2.05, 4.69) is 28.5 Å². The van der Waals surface area contributed by atoms with Crippen LogP contribution in [0.2, 0.25) is 0 Å². The zero-order valence-corrected chi connectivity index (χ0v) is 16.7. The molecule has 1 aromatic heterocycles. The lowest BCUT2D eigenvalue weighted by Gasteiger charge is -2.31. The minimum absolute atomic E-state index is 0.0403. The van der Waals surface area contributed by atoms with Gasteiger partial charge in [0.05, 0.1) is 16.7 Å². The number of benzene rings is 3. The Hall–Kier alpha value is -3.60. The Kier molecular flexibility index (Phi) is 4.93. The van der Waals surface area contributed by atoms with Gasteiger partial charge >= 0.3 is 6.03 Å². The summed E-state index contributed by atoms with van der Waals surface area (Å²) in [6.45, 7) is 1.45. The van der Waals surface area contributed by atoms with Crippen molar-refractivity contribution in [3.63, 3.8) is 0 Å². The van der Waals surface area contributed by atoms with E-state index in [1.54, 1.807) is 0 Å². The molecule has 150 valence electrons. The third-order valence-corrected chi connectivity index (χ3v) is 5.83. The molecule has 0 aliphatic carbocycles. The Bertz CT molecular complexity index is 1130. The maximum absolute atomic E-state index is 12.9. The summed E-state index contributed by atoms with van der Waals surface area (Å²) < 4.78 is 0. The van der Waals surface area contributed by atoms with Crippen molar-refractivity contribution in [1.29, 1.82) is 0 Å².